The van der Waals surface area contributed by atoms with Crippen LogP contribution in [-0.2, 0) is 22.4 Å². The predicted molar refractivity (Wildman–Crippen MR) is 155 cm³/mol. The Morgan fingerprint density at radius 1 is 1.10 bits per heavy atom. The number of ketones is 2. The molecule has 42 heavy (non-hydrogen) atoms. The molecule has 6 N–H and O–H groups in total. The molecule has 3 aliphatic rings. The second-order valence-electron chi connectivity index (χ2n) is 11.5. The number of allylic oxidation sites excluding steroid dienone is 1. The number of hydrogen-bond donors (Lipinski definition) is 5. The van der Waals surface area contributed by atoms with Gasteiger partial charge in [0.2, 0.25) is 5.78 Å². The van der Waals surface area contributed by atoms with Gasteiger partial charge in [-0.05, 0) is 50.0 Å². The third-order valence-corrected chi connectivity index (χ3v) is 8.54. The van der Waals surface area contributed by atoms with Crippen LogP contribution in [0, 0.1) is 23.7 Å². The first-order valence-electron chi connectivity index (χ1n) is 13.5. The van der Waals surface area contributed by atoms with Gasteiger partial charge in [-0.3, -0.25) is 19.3 Å². The smallest absolute Gasteiger partial charge is 0.255 e. The predicted octanol–water partition coefficient (Wildman–Crippen LogP) is 1.78. The van der Waals surface area contributed by atoms with E-state index in [1.54, 1.807) is 34.3 Å². The van der Waals surface area contributed by atoms with Crippen molar-refractivity contribution in [3.8, 4) is 17.6 Å². The first-order chi connectivity index (χ1) is 19.8. The van der Waals surface area contributed by atoms with Crippen LogP contribution in [0.2, 0.25) is 0 Å². The molecule has 3 aliphatic carbocycles. The molecule has 0 spiro atoms. The summed E-state index contributed by atoms with van der Waals surface area (Å²) < 4.78 is 0. The van der Waals surface area contributed by atoms with Crippen molar-refractivity contribution in [3.05, 3.63) is 81.3 Å². The van der Waals surface area contributed by atoms with E-state index in [-0.39, 0.29) is 35.3 Å². The second-order valence-corrected chi connectivity index (χ2v) is 11.5. The number of carbonyl (C=O) groups excluding carboxylic acids is 3. The van der Waals surface area contributed by atoms with Gasteiger partial charge in [-0.15, -0.1) is 0 Å². The quantitative estimate of drug-likeness (QED) is 0.272. The molecule has 218 valence electrons. The Balaban J connectivity index is 1.67. The van der Waals surface area contributed by atoms with Crippen molar-refractivity contribution >= 4 is 23.2 Å². The summed E-state index contributed by atoms with van der Waals surface area (Å²) in [5.74, 6) is -0.860. The lowest BCUT2D eigenvalue weighted by atomic mass is 9.58. The van der Waals surface area contributed by atoms with Crippen molar-refractivity contribution < 1.29 is 34.8 Å². The van der Waals surface area contributed by atoms with Gasteiger partial charge in [0.05, 0.1) is 17.2 Å². The minimum absolute atomic E-state index is 0.0258. The van der Waals surface area contributed by atoms with Crippen molar-refractivity contribution in [1.29, 1.82) is 0 Å². The SMILES string of the molecule is CN(C)c1cc(C#CCc2ccccc2)c(O)c2c1CC1CC3C(N(C)C)C(O)=C(C(N)=O)C(=O)C3(O)C(O)=C1C2=O. The molecule has 4 atom stereocenters. The molecule has 0 bridgehead atoms. The molecule has 5 rings (SSSR count). The van der Waals surface area contributed by atoms with E-state index in [4.69, 9.17) is 5.73 Å². The van der Waals surface area contributed by atoms with Crippen LogP contribution in [0.3, 0.4) is 0 Å². The molecule has 0 heterocycles. The molecule has 4 unspecified atom stereocenters. The van der Waals surface area contributed by atoms with Crippen molar-refractivity contribution in [3.63, 3.8) is 0 Å². The van der Waals surface area contributed by atoms with Crippen molar-refractivity contribution in [2.24, 2.45) is 17.6 Å². The number of phenolic OH excluding ortho intramolecular Hbond substituents is 1. The molecular formula is C32H33N3O7. The molecular weight excluding hydrogens is 538 g/mol. The maximum absolute atomic E-state index is 14.1. The number of carbonyl (C=O) groups is 3. The topological polar surface area (TPSA) is 165 Å². The zero-order chi connectivity index (χ0) is 30.7. The standard InChI is InChI=1S/C32H33N3O7/c1-34(2)21-15-17(12-8-11-16-9-6-5-7-10-16)26(36)23-19(21)13-18-14-20-25(35(3)4)28(38)24(31(33)41)30(40)32(20,42)29(39)22(18)27(23)37/h5-7,9-10,15,18,20,25,36,38-39,42H,11,13-14H2,1-4H3,(H2,33,41). The Bertz CT molecular complexity index is 1650. The summed E-state index contributed by atoms with van der Waals surface area (Å²) in [6, 6.07) is 10.2. The molecule has 10 heteroatoms. The first kappa shape index (κ1) is 28.9. The van der Waals surface area contributed by atoms with Crippen LogP contribution in [0.1, 0.15) is 33.5 Å². The average molecular weight is 572 g/mol. The van der Waals surface area contributed by atoms with E-state index in [9.17, 15) is 34.8 Å². The minimum atomic E-state index is -2.68. The number of Topliss-reactive ketones (excluding diaryl/α,β-unsaturated/α-hetero) is 2. The number of nitrogens with two attached hydrogens (primary N) is 1. The number of benzene rings is 2. The fourth-order valence-corrected chi connectivity index (χ4v) is 6.63. The Morgan fingerprint density at radius 2 is 1.76 bits per heavy atom. The van der Waals surface area contributed by atoms with E-state index in [0.29, 0.717) is 17.7 Å². The molecule has 1 amide bonds. The minimum Gasteiger partial charge on any atom is -0.510 e. The maximum Gasteiger partial charge on any atom is 0.255 e. The van der Waals surface area contributed by atoms with Crippen molar-refractivity contribution in [2.75, 3.05) is 33.1 Å². The highest BCUT2D eigenvalue weighted by Gasteiger charge is 2.63. The Labute approximate surface area is 243 Å². The van der Waals surface area contributed by atoms with E-state index >= 15 is 0 Å². The van der Waals surface area contributed by atoms with Gasteiger partial charge in [-0.1, -0.05) is 42.2 Å². The lowest BCUT2D eigenvalue weighted by molar-refractivity contribution is -0.148. The molecule has 0 saturated carbocycles. The summed E-state index contributed by atoms with van der Waals surface area (Å²) in [5, 5.41) is 45.5. The molecule has 10 nitrogen and oxygen atoms in total. The lowest BCUT2D eigenvalue weighted by Crippen LogP contribution is -2.63. The van der Waals surface area contributed by atoms with Crippen LogP contribution >= 0.6 is 0 Å². The lowest BCUT2D eigenvalue weighted by Gasteiger charge is -2.50. The number of aromatic hydroxyl groups is 1. The molecule has 0 aromatic heterocycles. The van der Waals surface area contributed by atoms with Gasteiger partial charge in [0.25, 0.3) is 5.91 Å². The van der Waals surface area contributed by atoms with Gasteiger partial charge >= 0.3 is 0 Å². The van der Waals surface area contributed by atoms with Gasteiger partial charge < -0.3 is 31.1 Å². The van der Waals surface area contributed by atoms with Gasteiger partial charge in [0.15, 0.2) is 11.4 Å². The summed E-state index contributed by atoms with van der Waals surface area (Å²) in [5.41, 5.74) is 4.01. The van der Waals surface area contributed by atoms with Crippen LogP contribution in [0.5, 0.6) is 5.75 Å². The van der Waals surface area contributed by atoms with Gasteiger partial charge in [0, 0.05) is 37.7 Å². The number of primary amides is 1. The number of aliphatic hydroxyl groups excluding tert-OH is 2. The number of phenols is 1. The van der Waals surface area contributed by atoms with Crippen LogP contribution in [0.4, 0.5) is 5.69 Å². The fraction of sp³-hybridized carbons (Fsp3) is 0.344. The second kappa shape index (κ2) is 10.4. The summed E-state index contributed by atoms with van der Waals surface area (Å²) in [4.78, 5) is 43.1. The molecule has 0 radical (unpaired) electrons. The van der Waals surface area contributed by atoms with Gasteiger partial charge in [0.1, 0.15) is 22.8 Å². The van der Waals surface area contributed by atoms with Crippen LogP contribution < -0.4 is 10.6 Å². The van der Waals surface area contributed by atoms with E-state index in [1.807, 2.05) is 35.2 Å². The maximum atomic E-state index is 14.1. The van der Waals surface area contributed by atoms with E-state index in [0.717, 1.165) is 5.56 Å². The van der Waals surface area contributed by atoms with Crippen LogP contribution in [-0.4, -0.2) is 82.6 Å². The zero-order valence-electron chi connectivity index (χ0n) is 23.8. The van der Waals surface area contributed by atoms with Crippen molar-refractivity contribution in [1.82, 2.24) is 4.90 Å². The van der Waals surface area contributed by atoms with E-state index in [1.165, 1.54) is 4.90 Å². The summed E-state index contributed by atoms with van der Waals surface area (Å²) in [7, 11) is 6.79. The number of hydrogen-bond acceptors (Lipinski definition) is 9. The highest BCUT2D eigenvalue weighted by Crippen LogP contribution is 2.53. The fourth-order valence-electron chi connectivity index (χ4n) is 6.63. The number of fused-ring (bicyclic) bond motifs is 3. The van der Waals surface area contributed by atoms with E-state index < -0.39 is 58.0 Å². The number of nitrogens with zero attached hydrogens (tertiary/aromatic N) is 2. The Morgan fingerprint density at radius 3 is 2.36 bits per heavy atom. The molecule has 2 aromatic rings. The third-order valence-electron chi connectivity index (χ3n) is 8.54. The summed E-state index contributed by atoms with van der Waals surface area (Å²) in [6.07, 6.45) is 0.647. The molecule has 0 saturated heterocycles. The highest BCUT2D eigenvalue weighted by molar-refractivity contribution is 6.25. The Kier molecular flexibility index (Phi) is 7.13. The zero-order valence-corrected chi connectivity index (χ0v) is 23.8. The van der Waals surface area contributed by atoms with E-state index in [2.05, 4.69) is 11.8 Å². The first-order valence-corrected chi connectivity index (χ1v) is 13.5. The Hall–Kier alpha value is -4.59. The third kappa shape index (κ3) is 4.24. The molecule has 0 fully saturated rings. The summed E-state index contributed by atoms with van der Waals surface area (Å²) in [6.45, 7) is 0. The normalized spacial score (nSPS) is 25.0. The average Bonchev–Trinajstić information content (AvgIpc) is 2.92. The van der Waals surface area contributed by atoms with Gasteiger partial charge in [-0.2, -0.15) is 0 Å². The number of aliphatic hydroxyl groups is 3. The number of rotatable bonds is 4. The molecule has 2 aromatic carbocycles. The van der Waals surface area contributed by atoms with Gasteiger partial charge in [-0.25, -0.2) is 0 Å². The number of anilines is 1. The highest BCUT2D eigenvalue weighted by atomic mass is 16.3. The molecule has 0 aliphatic heterocycles. The van der Waals surface area contributed by atoms with Crippen molar-refractivity contribution in [2.45, 2.75) is 30.9 Å². The summed E-state index contributed by atoms with van der Waals surface area (Å²) >= 11 is 0. The number of amides is 1. The van der Waals surface area contributed by atoms with Crippen LogP contribution in [0.25, 0.3) is 0 Å². The monoisotopic (exact) mass is 571 g/mol. The van der Waals surface area contributed by atoms with Crippen LogP contribution in [0.15, 0.2) is 59.1 Å². The number of likely N-dealkylation sites (N-methyl/N-ethyl adjacent to an activating group) is 1. The largest absolute Gasteiger partial charge is 0.510 e.